The van der Waals surface area contributed by atoms with Crippen LogP contribution in [0.5, 0.6) is 0 Å². The molecule has 3 heteroatoms. The molecule has 0 aromatic heterocycles. The molecule has 1 aromatic rings. The van der Waals surface area contributed by atoms with Crippen LogP contribution in [0.15, 0.2) is 24.3 Å². The van der Waals surface area contributed by atoms with E-state index in [1.54, 1.807) is 12.1 Å². The molecule has 3 nitrogen and oxygen atoms in total. The number of hydrogen-bond donors (Lipinski definition) is 2. The molecule has 3 rings (SSSR count). The van der Waals surface area contributed by atoms with Gasteiger partial charge in [-0.05, 0) is 36.5 Å². The van der Waals surface area contributed by atoms with E-state index in [1.807, 2.05) is 12.1 Å². The molecule has 0 radical (unpaired) electrons. The van der Waals surface area contributed by atoms with Crippen LogP contribution in [0, 0.1) is 11.8 Å². The summed E-state index contributed by atoms with van der Waals surface area (Å²) < 4.78 is 0. The van der Waals surface area contributed by atoms with Crippen LogP contribution in [-0.4, -0.2) is 11.9 Å². The largest absolute Gasteiger partial charge is 0.399 e. The lowest BCUT2D eigenvalue weighted by Gasteiger charge is -2.21. The molecule has 0 aliphatic heterocycles. The number of nitrogens with one attached hydrogen (secondary N) is 1. The topological polar surface area (TPSA) is 55.1 Å². The summed E-state index contributed by atoms with van der Waals surface area (Å²) in [6.45, 7) is 0. The SMILES string of the molecule is Nc1cccc(C(=O)NC2CC2C2CCCCC2)c1. The summed E-state index contributed by atoms with van der Waals surface area (Å²) in [6.07, 6.45) is 8.01. The quantitative estimate of drug-likeness (QED) is 0.819. The van der Waals surface area contributed by atoms with Gasteiger partial charge in [0.05, 0.1) is 0 Å². The first-order valence-electron chi connectivity index (χ1n) is 7.40. The summed E-state index contributed by atoms with van der Waals surface area (Å²) in [6, 6.07) is 7.60. The molecule has 2 fully saturated rings. The maximum atomic E-state index is 12.1. The Bertz CT molecular complexity index is 466. The van der Waals surface area contributed by atoms with Crippen LogP contribution < -0.4 is 11.1 Å². The molecule has 2 atom stereocenters. The fourth-order valence-corrected chi connectivity index (χ4v) is 3.40. The number of carbonyl (C=O) groups is 1. The van der Waals surface area contributed by atoms with Crippen molar-refractivity contribution in [3.05, 3.63) is 29.8 Å². The Balaban J connectivity index is 1.54. The van der Waals surface area contributed by atoms with E-state index in [2.05, 4.69) is 5.32 Å². The highest BCUT2D eigenvalue weighted by Gasteiger charge is 2.43. The standard InChI is InChI=1S/C16H22N2O/c17-13-8-4-7-12(9-13)16(19)18-15-10-14(15)11-5-2-1-3-6-11/h4,7-9,11,14-15H,1-3,5-6,10,17H2,(H,18,19). The van der Waals surface area contributed by atoms with Crippen molar-refractivity contribution in [3.8, 4) is 0 Å². The second kappa shape index (κ2) is 5.24. The van der Waals surface area contributed by atoms with Crippen LogP contribution in [-0.2, 0) is 0 Å². The summed E-state index contributed by atoms with van der Waals surface area (Å²) in [5.41, 5.74) is 7.03. The van der Waals surface area contributed by atoms with Crippen LogP contribution in [0.2, 0.25) is 0 Å². The molecule has 0 bridgehead atoms. The zero-order chi connectivity index (χ0) is 13.2. The van der Waals surface area contributed by atoms with Crippen molar-refractivity contribution in [1.29, 1.82) is 0 Å². The first-order chi connectivity index (χ1) is 9.24. The van der Waals surface area contributed by atoms with Crippen LogP contribution >= 0.6 is 0 Å². The highest BCUT2D eigenvalue weighted by molar-refractivity contribution is 5.95. The third kappa shape index (κ3) is 2.91. The minimum Gasteiger partial charge on any atom is -0.399 e. The molecule has 3 N–H and O–H groups in total. The van der Waals surface area contributed by atoms with Crippen molar-refractivity contribution in [2.24, 2.45) is 11.8 Å². The van der Waals surface area contributed by atoms with Crippen LogP contribution in [0.3, 0.4) is 0 Å². The highest BCUT2D eigenvalue weighted by Crippen LogP contribution is 2.44. The fraction of sp³-hybridized carbons (Fsp3) is 0.562. The molecule has 1 amide bonds. The Morgan fingerprint density at radius 1 is 1.21 bits per heavy atom. The smallest absolute Gasteiger partial charge is 0.251 e. The van der Waals surface area contributed by atoms with Gasteiger partial charge in [0, 0.05) is 17.3 Å². The molecule has 2 aliphatic rings. The van der Waals surface area contributed by atoms with Crippen molar-refractivity contribution < 1.29 is 4.79 Å². The number of nitrogen functional groups attached to an aromatic ring is 1. The zero-order valence-corrected chi connectivity index (χ0v) is 11.3. The number of benzene rings is 1. The van der Waals surface area contributed by atoms with Gasteiger partial charge in [0.1, 0.15) is 0 Å². The molecule has 0 heterocycles. The summed E-state index contributed by atoms with van der Waals surface area (Å²) in [4.78, 5) is 12.1. The Morgan fingerprint density at radius 3 is 2.74 bits per heavy atom. The number of rotatable bonds is 3. The summed E-state index contributed by atoms with van der Waals surface area (Å²) in [7, 11) is 0. The van der Waals surface area contributed by atoms with Gasteiger partial charge >= 0.3 is 0 Å². The van der Waals surface area contributed by atoms with E-state index >= 15 is 0 Å². The van der Waals surface area contributed by atoms with E-state index in [0.29, 0.717) is 17.3 Å². The van der Waals surface area contributed by atoms with Gasteiger partial charge in [0.15, 0.2) is 0 Å². The number of anilines is 1. The van der Waals surface area contributed by atoms with E-state index in [-0.39, 0.29) is 5.91 Å². The first kappa shape index (κ1) is 12.5. The lowest BCUT2D eigenvalue weighted by Crippen LogP contribution is -2.28. The summed E-state index contributed by atoms with van der Waals surface area (Å²) in [5.74, 6) is 1.60. The van der Waals surface area contributed by atoms with Gasteiger partial charge in [0.2, 0.25) is 0 Å². The maximum Gasteiger partial charge on any atom is 0.251 e. The van der Waals surface area contributed by atoms with Gasteiger partial charge in [0.25, 0.3) is 5.91 Å². The van der Waals surface area contributed by atoms with Crippen molar-refractivity contribution in [2.75, 3.05) is 5.73 Å². The van der Waals surface area contributed by atoms with E-state index in [1.165, 1.54) is 38.5 Å². The average Bonchev–Trinajstić information content (AvgIpc) is 3.19. The van der Waals surface area contributed by atoms with E-state index < -0.39 is 0 Å². The third-order valence-electron chi connectivity index (χ3n) is 4.56. The summed E-state index contributed by atoms with van der Waals surface area (Å²) >= 11 is 0. The predicted octanol–water partition coefficient (Wildman–Crippen LogP) is 2.97. The lowest BCUT2D eigenvalue weighted by atomic mass is 9.85. The Morgan fingerprint density at radius 2 is 2.00 bits per heavy atom. The Kier molecular flexibility index (Phi) is 3.45. The van der Waals surface area contributed by atoms with E-state index in [4.69, 9.17) is 5.73 Å². The van der Waals surface area contributed by atoms with Crippen molar-refractivity contribution in [1.82, 2.24) is 5.32 Å². The summed E-state index contributed by atoms with van der Waals surface area (Å²) in [5, 5.41) is 3.15. The van der Waals surface area contributed by atoms with Gasteiger partial charge in [-0.15, -0.1) is 0 Å². The van der Waals surface area contributed by atoms with E-state index in [9.17, 15) is 4.79 Å². The average molecular weight is 258 g/mol. The molecule has 0 saturated heterocycles. The fourth-order valence-electron chi connectivity index (χ4n) is 3.40. The molecule has 19 heavy (non-hydrogen) atoms. The minimum atomic E-state index is 0.0237. The monoisotopic (exact) mass is 258 g/mol. The van der Waals surface area contributed by atoms with Crippen molar-refractivity contribution in [2.45, 2.75) is 44.6 Å². The molecule has 1 aromatic carbocycles. The minimum absolute atomic E-state index is 0.0237. The first-order valence-corrected chi connectivity index (χ1v) is 7.40. The normalized spacial score (nSPS) is 26.9. The van der Waals surface area contributed by atoms with Gasteiger partial charge in [-0.2, -0.15) is 0 Å². The zero-order valence-electron chi connectivity index (χ0n) is 11.3. The molecule has 102 valence electrons. The lowest BCUT2D eigenvalue weighted by molar-refractivity contribution is 0.0947. The molecule has 2 unspecified atom stereocenters. The number of nitrogens with two attached hydrogens (primary N) is 1. The highest BCUT2D eigenvalue weighted by atomic mass is 16.1. The Labute approximate surface area is 114 Å². The van der Waals surface area contributed by atoms with Crippen LogP contribution in [0.1, 0.15) is 48.9 Å². The van der Waals surface area contributed by atoms with Crippen LogP contribution in [0.25, 0.3) is 0 Å². The number of carbonyl (C=O) groups excluding carboxylic acids is 1. The molecular weight excluding hydrogens is 236 g/mol. The van der Waals surface area contributed by atoms with Crippen LogP contribution in [0.4, 0.5) is 5.69 Å². The number of amides is 1. The van der Waals surface area contributed by atoms with Gasteiger partial charge < -0.3 is 11.1 Å². The Hall–Kier alpha value is -1.51. The van der Waals surface area contributed by atoms with Gasteiger partial charge in [-0.1, -0.05) is 38.2 Å². The molecule has 2 aliphatic carbocycles. The molecular formula is C16H22N2O. The maximum absolute atomic E-state index is 12.1. The van der Waals surface area contributed by atoms with Gasteiger partial charge in [-0.3, -0.25) is 4.79 Å². The predicted molar refractivity (Wildman–Crippen MR) is 76.8 cm³/mol. The third-order valence-corrected chi connectivity index (χ3v) is 4.56. The second-order valence-electron chi connectivity index (χ2n) is 6.00. The molecule has 2 saturated carbocycles. The second-order valence-corrected chi connectivity index (χ2v) is 6.00. The van der Waals surface area contributed by atoms with Crippen molar-refractivity contribution in [3.63, 3.8) is 0 Å². The van der Waals surface area contributed by atoms with E-state index in [0.717, 1.165) is 11.8 Å². The molecule has 0 spiro atoms. The van der Waals surface area contributed by atoms with Crippen molar-refractivity contribution >= 4 is 11.6 Å². The van der Waals surface area contributed by atoms with Gasteiger partial charge in [-0.25, -0.2) is 0 Å². The number of hydrogen-bond acceptors (Lipinski definition) is 2.